The van der Waals surface area contributed by atoms with Crippen LogP contribution in [0.4, 0.5) is 0 Å². The molecule has 5 atom stereocenters. The van der Waals surface area contributed by atoms with Gasteiger partial charge in [-0.3, -0.25) is 9.69 Å². The number of ether oxygens (including phenoxy) is 1. The molecule has 2 bridgehead atoms. The van der Waals surface area contributed by atoms with Crippen molar-refractivity contribution in [2.75, 3.05) is 20.1 Å². The molecule has 0 unspecified atom stereocenters. The van der Waals surface area contributed by atoms with Crippen molar-refractivity contribution in [3.8, 4) is 11.5 Å². The number of benzene rings is 1. The number of piperidine rings is 1. The molecule has 1 spiro atoms. The fourth-order valence-electron chi connectivity index (χ4n) is 6.69. The monoisotopic (exact) mass is 460 g/mol. The van der Waals surface area contributed by atoms with Crippen molar-refractivity contribution in [2.24, 2.45) is 0 Å². The van der Waals surface area contributed by atoms with E-state index in [4.69, 9.17) is 9.15 Å². The number of rotatable bonds is 5. The topological polar surface area (TPSA) is 86.4 Å². The summed E-state index contributed by atoms with van der Waals surface area (Å²) in [5.41, 5.74) is 0.856. The number of amides is 1. The van der Waals surface area contributed by atoms with Gasteiger partial charge in [-0.1, -0.05) is 24.3 Å². The predicted octanol–water partition coefficient (Wildman–Crippen LogP) is 2.64. The van der Waals surface area contributed by atoms with Crippen LogP contribution in [0.15, 0.2) is 66.0 Å². The van der Waals surface area contributed by atoms with E-state index in [2.05, 4.69) is 11.5 Å². The van der Waals surface area contributed by atoms with Crippen molar-refractivity contribution in [2.45, 2.75) is 42.0 Å². The second kappa shape index (κ2) is 7.35. The zero-order valence-electron chi connectivity index (χ0n) is 19.1. The number of furan rings is 1. The molecule has 1 fully saturated rings. The van der Waals surface area contributed by atoms with Crippen LogP contribution in [0.3, 0.4) is 0 Å². The molecule has 176 valence electrons. The number of nitrogens with zero attached hydrogens (tertiary/aromatic N) is 2. The van der Waals surface area contributed by atoms with Gasteiger partial charge in [-0.15, -0.1) is 6.58 Å². The minimum atomic E-state index is -1.18. The molecule has 2 aliphatic carbocycles. The van der Waals surface area contributed by atoms with Gasteiger partial charge in [0.2, 0.25) is 5.91 Å². The van der Waals surface area contributed by atoms with E-state index in [0.717, 1.165) is 23.2 Å². The van der Waals surface area contributed by atoms with E-state index in [1.165, 1.54) is 6.08 Å². The van der Waals surface area contributed by atoms with Crippen LogP contribution < -0.4 is 4.74 Å². The molecular weight excluding hydrogens is 432 g/mol. The molecule has 2 N–H and O–H groups in total. The molecule has 4 aliphatic rings. The lowest BCUT2D eigenvalue weighted by atomic mass is 9.50. The fraction of sp³-hybridized carbons (Fsp3) is 0.370. The summed E-state index contributed by atoms with van der Waals surface area (Å²) < 4.78 is 11.5. The maximum Gasteiger partial charge on any atom is 0.246 e. The number of carbonyl (C=O) groups is 1. The summed E-state index contributed by atoms with van der Waals surface area (Å²) in [5.74, 6) is 0.336. The quantitative estimate of drug-likeness (QED) is 0.527. The van der Waals surface area contributed by atoms with Gasteiger partial charge in [0, 0.05) is 43.4 Å². The number of likely N-dealkylation sites (tertiary alicyclic amines) is 1. The summed E-state index contributed by atoms with van der Waals surface area (Å²) in [6.07, 6.45) is 12.8. The number of hydrogen-bond acceptors (Lipinski definition) is 6. The maximum atomic E-state index is 13.1. The zero-order chi connectivity index (χ0) is 23.7. The Bertz CT molecular complexity index is 1220. The van der Waals surface area contributed by atoms with Crippen molar-refractivity contribution < 1.29 is 24.2 Å². The Morgan fingerprint density at radius 3 is 3.00 bits per heavy atom. The number of aromatic hydroxyl groups is 1. The second-order valence-electron chi connectivity index (χ2n) is 9.73. The van der Waals surface area contributed by atoms with Crippen LogP contribution in [0, 0.1) is 0 Å². The highest BCUT2D eigenvalue weighted by molar-refractivity contribution is 5.92. The summed E-state index contributed by atoms with van der Waals surface area (Å²) in [6, 6.07) is 4.84. The van der Waals surface area contributed by atoms with Gasteiger partial charge >= 0.3 is 0 Å². The fourth-order valence-corrected chi connectivity index (χ4v) is 6.69. The van der Waals surface area contributed by atoms with Crippen LogP contribution in [0.2, 0.25) is 0 Å². The molecule has 7 heteroatoms. The summed E-state index contributed by atoms with van der Waals surface area (Å²) in [5, 5.41) is 23.0. The van der Waals surface area contributed by atoms with Crippen molar-refractivity contribution in [1.82, 2.24) is 9.80 Å². The molecule has 3 heterocycles. The molecule has 1 aromatic heterocycles. The Balaban J connectivity index is 1.44. The molecule has 2 aliphatic heterocycles. The summed E-state index contributed by atoms with van der Waals surface area (Å²) in [4.78, 5) is 17.0. The number of phenols is 1. The van der Waals surface area contributed by atoms with Gasteiger partial charge in [-0.05, 0) is 36.6 Å². The molecule has 1 saturated heterocycles. The molecule has 0 radical (unpaired) electrons. The number of aliphatic hydroxyl groups is 1. The smallest absolute Gasteiger partial charge is 0.246 e. The highest BCUT2D eigenvalue weighted by Gasteiger charge is 2.72. The minimum Gasteiger partial charge on any atom is -0.504 e. The Morgan fingerprint density at radius 2 is 2.24 bits per heavy atom. The second-order valence-corrected chi connectivity index (χ2v) is 9.73. The Hall–Kier alpha value is -3.29. The first-order valence-electron chi connectivity index (χ1n) is 11.7. The third kappa shape index (κ3) is 2.62. The van der Waals surface area contributed by atoms with E-state index in [-0.39, 0.29) is 17.7 Å². The molecule has 6 rings (SSSR count). The molecule has 0 saturated carbocycles. The van der Waals surface area contributed by atoms with Crippen LogP contribution in [0.25, 0.3) is 6.08 Å². The maximum absolute atomic E-state index is 13.1. The number of carbonyl (C=O) groups excluding carboxylic acids is 1. The Kier molecular flexibility index (Phi) is 4.60. The van der Waals surface area contributed by atoms with Crippen LogP contribution >= 0.6 is 0 Å². The van der Waals surface area contributed by atoms with Crippen LogP contribution in [-0.4, -0.2) is 69.8 Å². The van der Waals surface area contributed by atoms with Crippen LogP contribution in [-0.2, 0) is 16.6 Å². The molecule has 34 heavy (non-hydrogen) atoms. The number of likely N-dealkylation sites (N-methyl/N-ethyl adjacent to an activating group) is 1. The molecular formula is C27H28N2O5. The Labute approximate surface area is 198 Å². The van der Waals surface area contributed by atoms with Gasteiger partial charge < -0.3 is 24.3 Å². The van der Waals surface area contributed by atoms with E-state index in [9.17, 15) is 15.0 Å². The lowest BCUT2D eigenvalue weighted by Gasteiger charge is -2.62. The standard InChI is InChI=1S/C27H28N2O5/c1-3-12-29-13-11-26-23-18-5-6-20(30)24(23)34-25(26)19(8-10-27(26,32)21(29)15-18)28(2)22(31)7-4-17-9-14-33-16-17/h3-10,14,16,19,21,25,30,32H,1,11-13,15H2,2H3/b7-4+/t19-,21+,25-,26-,27+/m0/s1. The minimum absolute atomic E-state index is 0.0735. The van der Waals surface area contributed by atoms with Gasteiger partial charge in [-0.2, -0.15) is 0 Å². The van der Waals surface area contributed by atoms with Gasteiger partial charge in [-0.25, -0.2) is 0 Å². The molecule has 1 aromatic carbocycles. The van der Waals surface area contributed by atoms with E-state index in [1.54, 1.807) is 42.7 Å². The van der Waals surface area contributed by atoms with Gasteiger partial charge in [0.25, 0.3) is 0 Å². The largest absolute Gasteiger partial charge is 0.504 e. The van der Waals surface area contributed by atoms with Crippen LogP contribution in [0.1, 0.15) is 23.1 Å². The zero-order valence-corrected chi connectivity index (χ0v) is 19.1. The first-order chi connectivity index (χ1) is 16.4. The normalized spacial score (nSPS) is 32.9. The van der Waals surface area contributed by atoms with Crippen molar-refractivity contribution >= 4 is 12.0 Å². The Morgan fingerprint density at radius 1 is 1.38 bits per heavy atom. The molecule has 1 amide bonds. The van der Waals surface area contributed by atoms with Gasteiger partial charge in [0.05, 0.1) is 24.0 Å². The average Bonchev–Trinajstić information content (AvgIpc) is 3.46. The molecule has 7 nitrogen and oxygen atoms in total. The van der Waals surface area contributed by atoms with Crippen molar-refractivity contribution in [3.05, 3.63) is 78.3 Å². The average molecular weight is 461 g/mol. The van der Waals surface area contributed by atoms with E-state index in [0.29, 0.717) is 25.1 Å². The summed E-state index contributed by atoms with van der Waals surface area (Å²) in [7, 11) is 1.75. The predicted molar refractivity (Wildman–Crippen MR) is 126 cm³/mol. The highest BCUT2D eigenvalue weighted by atomic mass is 16.5. The first kappa shape index (κ1) is 21.3. The van der Waals surface area contributed by atoms with Crippen LogP contribution in [0.5, 0.6) is 11.5 Å². The van der Waals surface area contributed by atoms with E-state index < -0.39 is 23.2 Å². The summed E-state index contributed by atoms with van der Waals surface area (Å²) >= 11 is 0. The lowest BCUT2D eigenvalue weighted by molar-refractivity contribution is -0.152. The molecule has 2 aromatic rings. The van der Waals surface area contributed by atoms with E-state index in [1.807, 2.05) is 24.3 Å². The first-order valence-corrected chi connectivity index (χ1v) is 11.7. The van der Waals surface area contributed by atoms with Gasteiger partial charge in [0.1, 0.15) is 11.7 Å². The SMILES string of the molecule is C=CCN1CC[C@]23c4c5ccc(O)c4O[C@H]2[C@@H](N(C)C(=O)/C=C/c2ccoc2)C=C[C@@]3(O)[C@H]1C5. The number of hydrogen-bond donors (Lipinski definition) is 2. The number of phenolic OH excluding ortho intramolecular Hbond substituents is 1. The summed E-state index contributed by atoms with van der Waals surface area (Å²) in [6.45, 7) is 5.36. The lowest BCUT2D eigenvalue weighted by Crippen LogP contribution is -2.76. The highest BCUT2D eigenvalue weighted by Crippen LogP contribution is 2.64. The third-order valence-corrected chi connectivity index (χ3v) is 8.25. The van der Waals surface area contributed by atoms with Crippen molar-refractivity contribution in [1.29, 1.82) is 0 Å². The van der Waals surface area contributed by atoms with Gasteiger partial charge in [0.15, 0.2) is 11.5 Å². The van der Waals surface area contributed by atoms with Crippen molar-refractivity contribution in [3.63, 3.8) is 0 Å². The van der Waals surface area contributed by atoms with E-state index >= 15 is 0 Å². The third-order valence-electron chi connectivity index (χ3n) is 8.25.